The molecule has 0 spiro atoms. The van der Waals surface area contributed by atoms with E-state index in [0.29, 0.717) is 13.0 Å². The third-order valence-corrected chi connectivity index (χ3v) is 5.62. The third kappa shape index (κ3) is 4.99. The van der Waals surface area contributed by atoms with Gasteiger partial charge in [-0.15, -0.1) is 0 Å². The van der Waals surface area contributed by atoms with E-state index in [1.807, 2.05) is 23.1 Å². The van der Waals surface area contributed by atoms with Crippen LogP contribution in [0.5, 0.6) is 0 Å². The van der Waals surface area contributed by atoms with Gasteiger partial charge in [-0.05, 0) is 31.0 Å². The van der Waals surface area contributed by atoms with Crippen molar-refractivity contribution < 1.29 is 9.32 Å². The molecule has 2 aromatic rings. The maximum absolute atomic E-state index is 11.9. The van der Waals surface area contributed by atoms with Crippen molar-refractivity contribution in [2.24, 2.45) is 4.99 Å². The number of nitrogens with one attached hydrogen (secondary N) is 1. The zero-order chi connectivity index (χ0) is 20.8. The number of hydrogen-bond donors (Lipinski definition) is 1. The Morgan fingerprint density at radius 1 is 1.13 bits per heavy atom. The number of nitrogens with zero attached hydrogens (tertiary/aromatic N) is 5. The third-order valence-electron chi connectivity index (χ3n) is 5.62. The molecule has 160 valence electrons. The number of guanidine groups is 1. The molecule has 8 heteroatoms. The van der Waals surface area contributed by atoms with Gasteiger partial charge < -0.3 is 19.6 Å². The van der Waals surface area contributed by atoms with Crippen LogP contribution in [0.3, 0.4) is 0 Å². The summed E-state index contributed by atoms with van der Waals surface area (Å²) in [7, 11) is 0. The minimum Gasteiger partial charge on any atom is -0.364 e. The molecule has 30 heavy (non-hydrogen) atoms. The predicted molar refractivity (Wildman–Crippen MR) is 116 cm³/mol. The summed E-state index contributed by atoms with van der Waals surface area (Å²) in [5, 5.41) is 7.43. The maximum Gasteiger partial charge on any atom is 0.227 e. The van der Waals surface area contributed by atoms with Crippen LogP contribution in [0.4, 0.5) is 5.69 Å². The fourth-order valence-corrected chi connectivity index (χ4v) is 3.96. The van der Waals surface area contributed by atoms with Gasteiger partial charge in [-0.2, -0.15) is 0 Å². The first-order chi connectivity index (χ1) is 14.7. The topological polar surface area (TPSA) is 77.2 Å². The van der Waals surface area contributed by atoms with Crippen molar-refractivity contribution in [2.75, 3.05) is 44.2 Å². The molecular formula is C22H30N6O2. The Morgan fingerprint density at radius 2 is 1.93 bits per heavy atom. The van der Waals surface area contributed by atoms with Crippen LogP contribution in [-0.2, 0) is 17.9 Å². The lowest BCUT2D eigenvalue weighted by Gasteiger charge is -2.36. The molecule has 0 aliphatic carbocycles. The summed E-state index contributed by atoms with van der Waals surface area (Å²) in [5.41, 5.74) is 3.11. The quantitative estimate of drug-likeness (QED) is 0.580. The minimum absolute atomic E-state index is 0.220. The molecule has 2 fully saturated rings. The summed E-state index contributed by atoms with van der Waals surface area (Å²) >= 11 is 0. The molecule has 2 saturated heterocycles. The Morgan fingerprint density at radius 3 is 2.57 bits per heavy atom. The zero-order valence-corrected chi connectivity index (χ0v) is 17.6. The molecule has 1 amide bonds. The van der Waals surface area contributed by atoms with Crippen molar-refractivity contribution in [3.8, 4) is 0 Å². The average molecular weight is 411 g/mol. The van der Waals surface area contributed by atoms with Crippen LogP contribution in [0.15, 0.2) is 46.1 Å². The van der Waals surface area contributed by atoms with Crippen LogP contribution in [0.2, 0.25) is 0 Å². The summed E-state index contributed by atoms with van der Waals surface area (Å²) < 4.78 is 4.93. The van der Waals surface area contributed by atoms with Crippen LogP contribution in [-0.4, -0.2) is 66.1 Å². The molecular weight excluding hydrogens is 380 g/mol. The maximum atomic E-state index is 11.9. The lowest BCUT2D eigenvalue weighted by atomic mass is 10.2. The van der Waals surface area contributed by atoms with Gasteiger partial charge in [0.15, 0.2) is 5.96 Å². The number of hydrogen-bond acceptors (Lipinski definition) is 5. The molecule has 2 aliphatic heterocycles. The summed E-state index contributed by atoms with van der Waals surface area (Å²) in [6.45, 7) is 9.00. The van der Waals surface area contributed by atoms with Crippen molar-refractivity contribution in [1.29, 1.82) is 0 Å². The standard InChI is InChI=1S/C22H30N6O2/c1-2-23-22(27-13-11-26(12-14-27)17-19-9-15-30-25-19)24-16-18-5-7-20(8-6-18)28-10-3-4-21(28)29/h5-9,15H,2-4,10-14,16-17H2,1H3,(H,23,24). The number of benzene rings is 1. The Labute approximate surface area is 177 Å². The normalized spacial score (nSPS) is 18.3. The molecule has 0 radical (unpaired) electrons. The van der Waals surface area contributed by atoms with Crippen molar-refractivity contribution in [3.05, 3.63) is 47.9 Å². The van der Waals surface area contributed by atoms with E-state index in [-0.39, 0.29) is 5.91 Å². The largest absolute Gasteiger partial charge is 0.364 e. The highest BCUT2D eigenvalue weighted by atomic mass is 16.5. The van der Waals surface area contributed by atoms with Crippen molar-refractivity contribution in [2.45, 2.75) is 32.9 Å². The Bertz CT molecular complexity index is 841. The highest BCUT2D eigenvalue weighted by Crippen LogP contribution is 2.21. The summed E-state index contributed by atoms with van der Waals surface area (Å²) in [5.74, 6) is 1.18. The molecule has 0 saturated carbocycles. The number of aliphatic imine (C=N–C) groups is 1. The fraction of sp³-hybridized carbons (Fsp3) is 0.500. The molecule has 3 heterocycles. The fourth-order valence-electron chi connectivity index (χ4n) is 3.96. The molecule has 4 rings (SSSR count). The van der Waals surface area contributed by atoms with E-state index in [0.717, 1.165) is 75.1 Å². The predicted octanol–water partition coefficient (Wildman–Crippen LogP) is 2.08. The second-order valence-corrected chi connectivity index (χ2v) is 7.74. The summed E-state index contributed by atoms with van der Waals surface area (Å²) in [6.07, 6.45) is 3.23. The van der Waals surface area contributed by atoms with Crippen LogP contribution in [0.25, 0.3) is 0 Å². The first-order valence-electron chi connectivity index (χ1n) is 10.8. The lowest BCUT2D eigenvalue weighted by Crippen LogP contribution is -2.52. The van der Waals surface area contributed by atoms with Gasteiger partial charge in [0, 0.05) is 64.0 Å². The van der Waals surface area contributed by atoms with E-state index in [2.05, 4.69) is 39.3 Å². The van der Waals surface area contributed by atoms with Gasteiger partial charge in [0.1, 0.15) is 6.26 Å². The van der Waals surface area contributed by atoms with Gasteiger partial charge in [0.05, 0.1) is 12.2 Å². The number of carbonyl (C=O) groups excluding carboxylic acids is 1. The Kier molecular flexibility index (Phi) is 6.63. The molecule has 1 aromatic heterocycles. The summed E-state index contributed by atoms with van der Waals surface area (Å²) in [4.78, 5) is 23.3. The van der Waals surface area contributed by atoms with Crippen molar-refractivity contribution in [1.82, 2.24) is 20.3 Å². The number of carbonyl (C=O) groups is 1. The number of amides is 1. The molecule has 2 aliphatic rings. The molecule has 1 aromatic carbocycles. The van der Waals surface area contributed by atoms with Gasteiger partial charge in [-0.25, -0.2) is 4.99 Å². The van der Waals surface area contributed by atoms with Crippen LogP contribution >= 0.6 is 0 Å². The number of piperazine rings is 1. The lowest BCUT2D eigenvalue weighted by molar-refractivity contribution is -0.117. The van der Waals surface area contributed by atoms with E-state index < -0.39 is 0 Å². The molecule has 0 unspecified atom stereocenters. The van der Waals surface area contributed by atoms with E-state index in [9.17, 15) is 4.79 Å². The molecule has 8 nitrogen and oxygen atoms in total. The minimum atomic E-state index is 0.220. The van der Waals surface area contributed by atoms with E-state index in [1.54, 1.807) is 6.26 Å². The van der Waals surface area contributed by atoms with E-state index >= 15 is 0 Å². The highest BCUT2D eigenvalue weighted by Gasteiger charge is 2.22. The van der Waals surface area contributed by atoms with E-state index in [4.69, 9.17) is 9.52 Å². The van der Waals surface area contributed by atoms with E-state index in [1.165, 1.54) is 0 Å². The van der Waals surface area contributed by atoms with Gasteiger partial charge in [-0.3, -0.25) is 9.69 Å². The second kappa shape index (κ2) is 9.75. The number of anilines is 1. The smallest absolute Gasteiger partial charge is 0.227 e. The first-order valence-corrected chi connectivity index (χ1v) is 10.8. The molecule has 0 bridgehead atoms. The molecule has 0 atom stereocenters. The van der Waals surface area contributed by atoms with Gasteiger partial charge in [-0.1, -0.05) is 17.3 Å². The number of aromatic nitrogens is 1. The SMILES string of the molecule is CCNC(=NCc1ccc(N2CCCC2=O)cc1)N1CCN(Cc2ccon2)CC1. The van der Waals surface area contributed by atoms with Crippen molar-refractivity contribution in [3.63, 3.8) is 0 Å². The Balaban J connectivity index is 1.33. The van der Waals surface area contributed by atoms with Crippen LogP contribution < -0.4 is 10.2 Å². The highest BCUT2D eigenvalue weighted by molar-refractivity contribution is 5.95. The summed E-state index contributed by atoms with van der Waals surface area (Å²) in [6, 6.07) is 10.1. The second-order valence-electron chi connectivity index (χ2n) is 7.74. The first kappa shape index (κ1) is 20.4. The monoisotopic (exact) mass is 410 g/mol. The van der Waals surface area contributed by atoms with Gasteiger partial charge in [0.2, 0.25) is 5.91 Å². The number of rotatable bonds is 6. The van der Waals surface area contributed by atoms with Gasteiger partial charge >= 0.3 is 0 Å². The molecule has 1 N–H and O–H groups in total. The van der Waals surface area contributed by atoms with Gasteiger partial charge in [0.25, 0.3) is 0 Å². The van der Waals surface area contributed by atoms with Crippen LogP contribution in [0.1, 0.15) is 31.0 Å². The Hall–Kier alpha value is -2.87. The average Bonchev–Trinajstić information content (AvgIpc) is 3.44. The van der Waals surface area contributed by atoms with Crippen molar-refractivity contribution >= 4 is 17.6 Å². The van der Waals surface area contributed by atoms with Crippen LogP contribution in [0, 0.1) is 0 Å². The zero-order valence-electron chi connectivity index (χ0n) is 17.6.